The molecule has 2 unspecified atom stereocenters. The molecule has 0 aromatic heterocycles. The van der Waals surface area contributed by atoms with E-state index < -0.39 is 17.4 Å². The molecule has 0 N–H and O–H groups in total. The Morgan fingerprint density at radius 2 is 1.45 bits per heavy atom. The minimum absolute atomic E-state index is 0.132. The molecule has 0 heterocycles. The van der Waals surface area contributed by atoms with Crippen LogP contribution in [0.1, 0.15) is 48.0 Å². The van der Waals surface area contributed by atoms with Gasteiger partial charge in [0.25, 0.3) is 0 Å². The molecule has 2 aliphatic rings. The molecule has 2 aliphatic carbocycles. The Kier molecular flexibility index (Phi) is 4.95. The molecule has 0 spiro atoms. The van der Waals surface area contributed by atoms with Crippen LogP contribution in [-0.2, 0) is 17.4 Å². The number of fused-ring (bicyclic) bond motifs is 1. The number of benzene rings is 2. The van der Waals surface area contributed by atoms with Crippen molar-refractivity contribution in [2.45, 2.75) is 40.6 Å². The van der Waals surface area contributed by atoms with Crippen LogP contribution in [0.4, 0.5) is 4.39 Å². The van der Waals surface area contributed by atoms with E-state index in [1.165, 1.54) is 27.8 Å². The zero-order chi connectivity index (χ0) is 21.2. The molecule has 2 atom stereocenters. The Morgan fingerprint density at radius 1 is 0.862 bits per heavy atom. The first kappa shape index (κ1) is 20.9. The molecule has 150 valence electrons. The third-order valence-electron chi connectivity index (χ3n) is 7.61. The van der Waals surface area contributed by atoms with Crippen molar-refractivity contribution < 1.29 is 21.8 Å². The quantitative estimate of drug-likeness (QED) is 0.418. The molecule has 0 saturated carbocycles. The van der Waals surface area contributed by atoms with Crippen LogP contribution in [-0.4, -0.2) is 6.88 Å². The monoisotopic (exact) mass is 480 g/mol. The molecule has 4 rings (SSSR count). The predicted molar refractivity (Wildman–Crippen MR) is 123 cm³/mol. The van der Waals surface area contributed by atoms with Gasteiger partial charge in [-0.3, -0.25) is 0 Å². The Morgan fingerprint density at radius 3 is 2.03 bits per heavy atom. The number of halogens is 1. The summed E-state index contributed by atoms with van der Waals surface area (Å²) in [4.78, 5) is 0. The van der Waals surface area contributed by atoms with Crippen molar-refractivity contribution in [2.24, 2.45) is 5.92 Å². The zero-order valence-electron chi connectivity index (χ0n) is 18.4. The number of allylic oxidation sites excluding steroid dienone is 5. The first-order valence-corrected chi connectivity index (χ1v) is 24.0. The minimum atomic E-state index is -3.43. The average molecular weight is 482 g/mol. The second kappa shape index (κ2) is 6.86. The van der Waals surface area contributed by atoms with Crippen molar-refractivity contribution in [3.63, 3.8) is 0 Å². The maximum absolute atomic E-state index is 14.7. The van der Waals surface area contributed by atoms with Crippen molar-refractivity contribution in [1.29, 1.82) is 0 Å². The fourth-order valence-electron chi connectivity index (χ4n) is 5.90. The molecule has 29 heavy (non-hydrogen) atoms. The van der Waals surface area contributed by atoms with Gasteiger partial charge in [-0.15, -0.1) is 0 Å². The van der Waals surface area contributed by atoms with Crippen LogP contribution in [0, 0.1) is 11.7 Å². The van der Waals surface area contributed by atoms with E-state index in [0.717, 1.165) is 11.1 Å². The van der Waals surface area contributed by atoms with Gasteiger partial charge in [0.15, 0.2) is 0 Å². The summed E-state index contributed by atoms with van der Waals surface area (Å²) in [5, 5.41) is 0. The third-order valence-corrected chi connectivity index (χ3v) is 24.9. The molecule has 0 amide bonds. The van der Waals surface area contributed by atoms with Gasteiger partial charge in [-0.25, -0.2) is 0 Å². The molecule has 0 aliphatic heterocycles. The van der Waals surface area contributed by atoms with Gasteiger partial charge in [-0.2, -0.15) is 0 Å². The standard InChI is InChI=1S/C15H10F.C9H13.2CH3.H2Si.Zr/c16-15-8-4-3-7-14(15)13-10-9-11-5-1-2-6-12(11)13;1-6-5-7(2)9(4)8(6)3;;;;/h1-10H;6H,1-4H3;2*1H3;1H2;. The summed E-state index contributed by atoms with van der Waals surface area (Å²) < 4.78 is 22.1. The van der Waals surface area contributed by atoms with Crippen molar-refractivity contribution >= 4 is 12.5 Å². The van der Waals surface area contributed by atoms with E-state index in [1.54, 1.807) is 15.4 Å². The van der Waals surface area contributed by atoms with Crippen LogP contribution in [0.15, 0.2) is 74.6 Å². The summed E-state index contributed by atoms with van der Waals surface area (Å²) in [6, 6.07) is 15.9. The molecule has 0 nitrogen and oxygen atoms in total. The van der Waals surface area contributed by atoms with E-state index in [1.807, 2.05) is 12.1 Å². The van der Waals surface area contributed by atoms with Crippen molar-refractivity contribution in [3.05, 3.63) is 97.1 Å². The molecule has 3 heteroatoms. The Balaban J connectivity index is 1.96. The fourth-order valence-corrected chi connectivity index (χ4v) is 24.4. The van der Waals surface area contributed by atoms with Gasteiger partial charge >= 0.3 is 178 Å². The molecule has 0 bridgehead atoms. The molecule has 2 aromatic rings. The van der Waals surface area contributed by atoms with Crippen LogP contribution in [0.3, 0.4) is 0 Å². The van der Waals surface area contributed by atoms with Gasteiger partial charge in [-0.1, -0.05) is 0 Å². The summed E-state index contributed by atoms with van der Waals surface area (Å²) >= 11 is -3.43. The van der Waals surface area contributed by atoms with Crippen LogP contribution in [0.25, 0.3) is 5.57 Å². The van der Waals surface area contributed by atoms with Crippen molar-refractivity contribution in [2.75, 3.05) is 0 Å². The van der Waals surface area contributed by atoms with Gasteiger partial charge in [0.2, 0.25) is 0 Å². The van der Waals surface area contributed by atoms with Crippen LogP contribution < -0.4 is 0 Å². The first-order valence-electron chi connectivity index (χ1n) is 10.6. The van der Waals surface area contributed by atoms with E-state index in [2.05, 4.69) is 74.2 Å². The Labute approximate surface area is 177 Å². The molecular weight excluding hydrogens is 451 g/mol. The molecule has 0 fully saturated rings. The first-order chi connectivity index (χ1) is 13.5. The van der Waals surface area contributed by atoms with Crippen LogP contribution in [0.5, 0.6) is 0 Å². The van der Waals surface area contributed by atoms with E-state index >= 15 is 0 Å². The van der Waals surface area contributed by atoms with E-state index in [4.69, 9.17) is 0 Å². The Hall–Kier alpha value is -1.31. The van der Waals surface area contributed by atoms with Crippen molar-refractivity contribution in [1.82, 2.24) is 0 Å². The molecule has 0 saturated heterocycles. The van der Waals surface area contributed by atoms with Gasteiger partial charge in [0.1, 0.15) is 0 Å². The van der Waals surface area contributed by atoms with E-state index in [0.29, 0.717) is 9.54 Å². The second-order valence-electron chi connectivity index (χ2n) is 10.0. The zero-order valence-corrected chi connectivity index (χ0v) is 22.3. The maximum atomic E-state index is 14.7. The summed E-state index contributed by atoms with van der Waals surface area (Å²) in [7, 11) is 0. The number of rotatable bonds is 3. The van der Waals surface area contributed by atoms with Gasteiger partial charge in [0.05, 0.1) is 0 Å². The second-order valence-corrected chi connectivity index (χ2v) is 39.5. The molecular formula is C26H31FSiZr. The van der Waals surface area contributed by atoms with Gasteiger partial charge < -0.3 is 0 Å². The summed E-state index contributed by atoms with van der Waals surface area (Å²) in [6.45, 7) is 11.6. The normalized spacial score (nSPS) is 22.3. The number of hydrogen-bond donors (Lipinski definition) is 0. The SMILES string of the molecule is CC1=C(C)C(C)[C]([Zr]([CH3])([CH3])(=[SiH2])[CH]2C=C(c3ccccc3F)c3ccccc32)=C1C. The predicted octanol–water partition coefficient (Wildman–Crippen LogP) is 6.91. The fraction of sp³-hybridized carbons (Fsp3) is 0.308. The van der Waals surface area contributed by atoms with Crippen LogP contribution in [0.2, 0.25) is 9.26 Å². The van der Waals surface area contributed by atoms with Gasteiger partial charge in [0, 0.05) is 0 Å². The van der Waals surface area contributed by atoms with Gasteiger partial charge in [-0.05, 0) is 0 Å². The summed E-state index contributed by atoms with van der Waals surface area (Å²) in [5.41, 5.74) is 8.93. The van der Waals surface area contributed by atoms with Crippen LogP contribution >= 0.6 is 0 Å². The molecule has 0 radical (unpaired) electrons. The average Bonchev–Trinajstić information content (AvgIpc) is 3.15. The Bertz CT molecular complexity index is 1190. The summed E-state index contributed by atoms with van der Waals surface area (Å²) in [5.74, 6) is 0.388. The topological polar surface area (TPSA) is 0 Å². The van der Waals surface area contributed by atoms with E-state index in [-0.39, 0.29) is 5.82 Å². The number of hydrogen-bond acceptors (Lipinski definition) is 0. The van der Waals surface area contributed by atoms with Crippen molar-refractivity contribution in [3.8, 4) is 0 Å². The van der Waals surface area contributed by atoms with E-state index in [9.17, 15) is 4.39 Å². The molecule has 2 aromatic carbocycles. The summed E-state index contributed by atoms with van der Waals surface area (Å²) in [6.07, 6.45) is 2.41. The third kappa shape index (κ3) is 3.08.